The van der Waals surface area contributed by atoms with Gasteiger partial charge in [0.05, 0.1) is 16.8 Å². The molecule has 4 aromatic rings. The standard InChI is InChI=1S/C23H19N3OS2/c1-28-19-10-11-20-21(14-19)29-23(25-20)26(16-18-8-5-13-24-15-18)22(27)12-9-17-6-3-2-4-7-17/h2-15H,16H2,1H3/b12-9+. The predicted molar refractivity (Wildman–Crippen MR) is 122 cm³/mol. The number of fused-ring (bicyclic) bond motifs is 1. The van der Waals surface area contributed by atoms with Gasteiger partial charge in [0.15, 0.2) is 5.13 Å². The van der Waals surface area contributed by atoms with Crippen molar-refractivity contribution >= 4 is 50.4 Å². The van der Waals surface area contributed by atoms with Crippen molar-refractivity contribution in [3.8, 4) is 0 Å². The normalized spacial score (nSPS) is 11.2. The minimum atomic E-state index is -0.109. The molecule has 0 radical (unpaired) electrons. The molecule has 0 atom stereocenters. The van der Waals surface area contributed by atoms with Crippen LogP contribution in [0.15, 0.2) is 84.0 Å². The van der Waals surface area contributed by atoms with E-state index in [1.165, 1.54) is 16.2 Å². The van der Waals surface area contributed by atoms with Gasteiger partial charge < -0.3 is 0 Å². The summed E-state index contributed by atoms with van der Waals surface area (Å²) in [6.45, 7) is 0.418. The molecule has 0 unspecified atom stereocenters. The van der Waals surface area contributed by atoms with Crippen molar-refractivity contribution in [1.82, 2.24) is 9.97 Å². The number of aromatic nitrogens is 2. The second-order valence-electron chi connectivity index (χ2n) is 6.36. The number of hydrogen-bond acceptors (Lipinski definition) is 5. The maximum atomic E-state index is 13.1. The minimum Gasteiger partial charge on any atom is -0.280 e. The van der Waals surface area contributed by atoms with Gasteiger partial charge in [0, 0.05) is 23.4 Å². The van der Waals surface area contributed by atoms with E-state index >= 15 is 0 Å². The van der Waals surface area contributed by atoms with Crippen LogP contribution in [0.2, 0.25) is 0 Å². The SMILES string of the molecule is CSc1ccc2nc(N(Cc3cccnc3)C(=O)/C=C/c3ccccc3)sc2c1. The van der Waals surface area contributed by atoms with Crippen molar-refractivity contribution in [2.24, 2.45) is 0 Å². The molecular weight excluding hydrogens is 398 g/mol. The summed E-state index contributed by atoms with van der Waals surface area (Å²) in [5, 5.41) is 0.685. The van der Waals surface area contributed by atoms with Gasteiger partial charge >= 0.3 is 0 Å². The molecule has 0 aliphatic carbocycles. The number of thiazole rings is 1. The van der Waals surface area contributed by atoms with Gasteiger partial charge in [-0.3, -0.25) is 14.7 Å². The number of rotatable bonds is 6. The third-order valence-electron chi connectivity index (χ3n) is 4.36. The van der Waals surface area contributed by atoms with Crippen LogP contribution in [0.5, 0.6) is 0 Å². The van der Waals surface area contributed by atoms with Crippen molar-refractivity contribution in [2.45, 2.75) is 11.4 Å². The number of hydrogen-bond donors (Lipinski definition) is 0. The predicted octanol–water partition coefficient (Wildman–Crippen LogP) is 5.66. The molecule has 29 heavy (non-hydrogen) atoms. The Hall–Kier alpha value is -2.96. The van der Waals surface area contributed by atoms with Crippen LogP contribution in [0.1, 0.15) is 11.1 Å². The summed E-state index contributed by atoms with van der Waals surface area (Å²) in [4.78, 5) is 24.9. The smallest absolute Gasteiger partial charge is 0.253 e. The molecule has 2 aromatic heterocycles. The number of amides is 1. The van der Waals surface area contributed by atoms with Crippen LogP contribution in [0.4, 0.5) is 5.13 Å². The summed E-state index contributed by atoms with van der Waals surface area (Å²) in [7, 11) is 0. The Kier molecular flexibility index (Phi) is 6.03. The van der Waals surface area contributed by atoms with Gasteiger partial charge in [0.1, 0.15) is 0 Å². The minimum absolute atomic E-state index is 0.109. The summed E-state index contributed by atoms with van der Waals surface area (Å²) >= 11 is 3.23. The van der Waals surface area contributed by atoms with Crippen LogP contribution in [0, 0.1) is 0 Å². The summed E-state index contributed by atoms with van der Waals surface area (Å²) < 4.78 is 1.07. The number of nitrogens with zero attached hydrogens (tertiary/aromatic N) is 3. The zero-order valence-electron chi connectivity index (χ0n) is 15.9. The lowest BCUT2D eigenvalue weighted by atomic mass is 10.2. The Bertz CT molecular complexity index is 1140. The molecule has 0 aliphatic heterocycles. The van der Waals surface area contributed by atoms with E-state index in [-0.39, 0.29) is 5.91 Å². The first-order valence-electron chi connectivity index (χ1n) is 9.11. The zero-order valence-corrected chi connectivity index (χ0v) is 17.5. The number of thioether (sulfide) groups is 1. The van der Waals surface area contributed by atoms with Gasteiger partial charge in [0.25, 0.3) is 5.91 Å². The molecule has 0 fully saturated rings. The Morgan fingerprint density at radius 1 is 1.14 bits per heavy atom. The van der Waals surface area contributed by atoms with Crippen LogP contribution in [-0.2, 0) is 11.3 Å². The zero-order chi connectivity index (χ0) is 20.1. The quantitative estimate of drug-likeness (QED) is 0.300. The fourth-order valence-corrected chi connectivity index (χ4v) is 4.39. The van der Waals surface area contributed by atoms with Gasteiger partial charge in [-0.1, -0.05) is 47.7 Å². The molecular formula is C23H19N3OS2. The van der Waals surface area contributed by atoms with Crippen LogP contribution in [0.25, 0.3) is 16.3 Å². The van der Waals surface area contributed by atoms with Crippen molar-refractivity contribution < 1.29 is 4.79 Å². The van der Waals surface area contributed by atoms with Crippen LogP contribution >= 0.6 is 23.1 Å². The molecule has 0 spiro atoms. The lowest BCUT2D eigenvalue weighted by Gasteiger charge is -2.18. The van der Waals surface area contributed by atoms with Crippen LogP contribution in [-0.4, -0.2) is 22.1 Å². The fourth-order valence-electron chi connectivity index (χ4n) is 2.87. The van der Waals surface area contributed by atoms with E-state index in [9.17, 15) is 4.79 Å². The van der Waals surface area contributed by atoms with Crippen molar-refractivity contribution in [3.63, 3.8) is 0 Å². The number of pyridine rings is 1. The molecule has 6 heteroatoms. The number of carbonyl (C=O) groups excluding carboxylic acids is 1. The van der Waals surface area contributed by atoms with Crippen molar-refractivity contribution in [1.29, 1.82) is 0 Å². The summed E-state index contributed by atoms with van der Waals surface area (Å²) in [5.74, 6) is -0.109. The highest BCUT2D eigenvalue weighted by Crippen LogP contribution is 2.32. The summed E-state index contributed by atoms with van der Waals surface area (Å²) in [6, 6.07) is 19.8. The first-order chi connectivity index (χ1) is 14.2. The van der Waals surface area contributed by atoms with Gasteiger partial charge in [-0.2, -0.15) is 0 Å². The second-order valence-corrected chi connectivity index (χ2v) is 8.25. The first kappa shape index (κ1) is 19.4. The van der Waals surface area contributed by atoms with Gasteiger partial charge in [-0.15, -0.1) is 11.8 Å². The molecule has 0 saturated heterocycles. The summed E-state index contributed by atoms with van der Waals surface area (Å²) in [5.41, 5.74) is 2.84. The highest BCUT2D eigenvalue weighted by molar-refractivity contribution is 7.98. The molecule has 2 aromatic carbocycles. The van der Waals surface area contributed by atoms with Gasteiger partial charge in [-0.05, 0) is 47.7 Å². The fraction of sp³-hybridized carbons (Fsp3) is 0.0870. The topological polar surface area (TPSA) is 46.1 Å². The highest BCUT2D eigenvalue weighted by Gasteiger charge is 2.18. The first-order valence-corrected chi connectivity index (χ1v) is 11.2. The maximum absolute atomic E-state index is 13.1. The number of benzene rings is 2. The molecule has 0 N–H and O–H groups in total. The average Bonchev–Trinajstić information content (AvgIpc) is 3.20. The molecule has 144 valence electrons. The van der Waals surface area contributed by atoms with E-state index in [0.29, 0.717) is 11.7 Å². The molecule has 2 heterocycles. The number of carbonyl (C=O) groups is 1. The Morgan fingerprint density at radius 2 is 2.00 bits per heavy atom. The van der Waals surface area contributed by atoms with E-state index in [4.69, 9.17) is 4.98 Å². The van der Waals surface area contributed by atoms with Crippen molar-refractivity contribution in [3.05, 3.63) is 90.3 Å². The van der Waals surface area contributed by atoms with Crippen LogP contribution in [0.3, 0.4) is 0 Å². The maximum Gasteiger partial charge on any atom is 0.253 e. The Labute approximate surface area is 177 Å². The molecule has 0 aliphatic rings. The van der Waals surface area contributed by atoms with E-state index < -0.39 is 0 Å². The van der Waals surface area contributed by atoms with E-state index in [0.717, 1.165) is 21.3 Å². The molecule has 1 amide bonds. The molecule has 0 bridgehead atoms. The monoisotopic (exact) mass is 417 g/mol. The average molecular weight is 418 g/mol. The third-order valence-corrected chi connectivity index (χ3v) is 6.13. The molecule has 4 nitrogen and oxygen atoms in total. The Morgan fingerprint density at radius 3 is 2.76 bits per heavy atom. The Balaban J connectivity index is 1.68. The summed E-state index contributed by atoms with van der Waals surface area (Å²) in [6.07, 6.45) is 8.99. The van der Waals surface area contributed by atoms with Crippen molar-refractivity contribution in [2.75, 3.05) is 11.2 Å². The largest absolute Gasteiger partial charge is 0.280 e. The molecule has 4 rings (SSSR count). The lowest BCUT2D eigenvalue weighted by Crippen LogP contribution is -2.28. The van der Waals surface area contributed by atoms with E-state index in [1.54, 1.807) is 35.1 Å². The number of anilines is 1. The van der Waals surface area contributed by atoms with E-state index in [2.05, 4.69) is 23.4 Å². The van der Waals surface area contributed by atoms with Gasteiger partial charge in [-0.25, -0.2) is 4.98 Å². The third kappa shape index (κ3) is 4.72. The highest BCUT2D eigenvalue weighted by atomic mass is 32.2. The lowest BCUT2D eigenvalue weighted by molar-refractivity contribution is -0.114. The van der Waals surface area contributed by atoms with Crippen LogP contribution < -0.4 is 4.90 Å². The molecule has 0 saturated carbocycles. The van der Waals surface area contributed by atoms with E-state index in [1.807, 2.05) is 54.6 Å². The second kappa shape index (κ2) is 9.03. The van der Waals surface area contributed by atoms with Gasteiger partial charge in [0.2, 0.25) is 0 Å².